The van der Waals surface area contributed by atoms with Crippen LogP contribution < -0.4 is 4.90 Å². The first-order chi connectivity index (χ1) is 10.8. The zero-order valence-electron chi connectivity index (χ0n) is 13.7. The van der Waals surface area contributed by atoms with Crippen molar-refractivity contribution in [2.24, 2.45) is 0 Å². The van der Waals surface area contributed by atoms with Gasteiger partial charge in [0.05, 0.1) is 4.88 Å². The summed E-state index contributed by atoms with van der Waals surface area (Å²) in [5.74, 6) is 0.0767. The number of anilines is 1. The minimum Gasteiger partial charge on any atom is -0.347 e. The number of Topliss-reactive ketones (excluding diaryl/α,β-unsaturated/α-hetero) is 1. The fourth-order valence-electron chi connectivity index (χ4n) is 3.13. The Hall–Kier alpha value is -2.20. The fourth-order valence-corrected chi connectivity index (χ4v) is 3.76. The van der Waals surface area contributed by atoms with Gasteiger partial charge in [-0.3, -0.25) is 9.59 Å². The Morgan fingerprint density at radius 2 is 1.96 bits per heavy atom. The lowest BCUT2D eigenvalue weighted by Crippen LogP contribution is -2.24. The van der Waals surface area contributed by atoms with E-state index in [9.17, 15) is 9.59 Å². The number of fused-ring (bicyclic) bond motifs is 1. The molecule has 2 aromatic rings. The lowest BCUT2D eigenvalue weighted by Gasteiger charge is -2.23. The van der Waals surface area contributed by atoms with Gasteiger partial charge in [0.2, 0.25) is 0 Å². The first-order valence-electron chi connectivity index (χ1n) is 7.51. The van der Waals surface area contributed by atoms with E-state index in [0.29, 0.717) is 5.56 Å². The molecule has 0 amide bonds. The van der Waals surface area contributed by atoms with Gasteiger partial charge in [-0.15, -0.1) is 11.3 Å². The Morgan fingerprint density at radius 1 is 1.22 bits per heavy atom. The van der Waals surface area contributed by atoms with Gasteiger partial charge >= 0.3 is 0 Å². The summed E-state index contributed by atoms with van der Waals surface area (Å²) < 4.78 is 0. The molecule has 0 spiro atoms. The summed E-state index contributed by atoms with van der Waals surface area (Å²) in [6.07, 6.45) is 1.72. The molecule has 0 fully saturated rings. The molecular formula is C19H19NO2S. The number of likely N-dealkylation sites (N-methyl/N-ethyl adjacent to an activating group) is 1. The van der Waals surface area contributed by atoms with Gasteiger partial charge in [-0.1, -0.05) is 19.9 Å². The summed E-state index contributed by atoms with van der Waals surface area (Å²) in [7, 11) is 1.97. The number of carbonyl (C=O) groups is 2. The fraction of sp³-hybridized carbons (Fsp3) is 0.263. The Labute approximate surface area is 140 Å². The van der Waals surface area contributed by atoms with E-state index in [1.54, 1.807) is 13.0 Å². The highest BCUT2D eigenvalue weighted by Crippen LogP contribution is 2.47. The predicted octanol–water partition coefficient (Wildman–Crippen LogP) is 4.44. The van der Waals surface area contributed by atoms with E-state index in [0.717, 1.165) is 21.8 Å². The zero-order chi connectivity index (χ0) is 16.8. The van der Waals surface area contributed by atoms with Crippen LogP contribution in [0.4, 0.5) is 5.69 Å². The number of benzene rings is 1. The summed E-state index contributed by atoms with van der Waals surface area (Å²) in [5, 5.41) is 1.91. The quantitative estimate of drug-likeness (QED) is 0.618. The second kappa shape index (κ2) is 5.46. The van der Waals surface area contributed by atoms with Crippen LogP contribution in [0.25, 0.3) is 0 Å². The summed E-state index contributed by atoms with van der Waals surface area (Å²) in [4.78, 5) is 26.9. The minimum absolute atomic E-state index is 0.0227. The number of hydrogen-bond acceptors (Lipinski definition) is 4. The zero-order valence-corrected chi connectivity index (χ0v) is 14.5. The molecule has 1 aliphatic heterocycles. The van der Waals surface area contributed by atoms with Gasteiger partial charge in [-0.05, 0) is 42.1 Å². The van der Waals surface area contributed by atoms with Crippen LogP contribution >= 0.6 is 11.3 Å². The number of rotatable bonds is 3. The molecule has 0 N–H and O–H groups in total. The molecule has 1 aromatic carbocycles. The molecule has 1 aliphatic rings. The molecule has 3 nitrogen and oxygen atoms in total. The van der Waals surface area contributed by atoms with Crippen molar-refractivity contribution in [3.8, 4) is 0 Å². The van der Waals surface area contributed by atoms with Crippen LogP contribution in [0, 0.1) is 0 Å². The van der Waals surface area contributed by atoms with Crippen LogP contribution in [0.5, 0.6) is 0 Å². The van der Waals surface area contributed by atoms with E-state index in [1.165, 1.54) is 11.3 Å². The molecule has 0 saturated carbocycles. The molecule has 0 radical (unpaired) electrons. The summed E-state index contributed by atoms with van der Waals surface area (Å²) in [6, 6.07) is 9.48. The highest BCUT2D eigenvalue weighted by atomic mass is 32.1. The molecule has 3 rings (SSSR count). The van der Waals surface area contributed by atoms with Gasteiger partial charge < -0.3 is 4.90 Å². The maximum absolute atomic E-state index is 12.5. The predicted molar refractivity (Wildman–Crippen MR) is 94.6 cm³/mol. The molecule has 0 atom stereocenters. The van der Waals surface area contributed by atoms with Gasteiger partial charge in [0, 0.05) is 35.5 Å². The highest BCUT2D eigenvalue weighted by molar-refractivity contribution is 7.12. The van der Waals surface area contributed by atoms with Gasteiger partial charge in [0.15, 0.2) is 11.6 Å². The van der Waals surface area contributed by atoms with Crippen molar-refractivity contribution in [2.45, 2.75) is 26.2 Å². The van der Waals surface area contributed by atoms with E-state index in [-0.39, 0.29) is 17.0 Å². The molecule has 2 heterocycles. The topological polar surface area (TPSA) is 37.4 Å². The second-order valence-corrected chi connectivity index (χ2v) is 7.29. The molecule has 23 heavy (non-hydrogen) atoms. The lowest BCUT2D eigenvalue weighted by atomic mass is 9.82. The molecule has 118 valence electrons. The van der Waals surface area contributed by atoms with E-state index >= 15 is 0 Å². The van der Waals surface area contributed by atoms with Gasteiger partial charge in [0.25, 0.3) is 0 Å². The molecule has 4 heteroatoms. The van der Waals surface area contributed by atoms with Crippen LogP contribution in [0.2, 0.25) is 0 Å². The summed E-state index contributed by atoms with van der Waals surface area (Å²) >= 11 is 1.45. The lowest BCUT2D eigenvalue weighted by molar-refractivity contribution is 0.101. The van der Waals surface area contributed by atoms with Crippen molar-refractivity contribution in [3.63, 3.8) is 0 Å². The van der Waals surface area contributed by atoms with Crippen LogP contribution in [-0.4, -0.2) is 18.6 Å². The SMILES string of the molecule is CC(=O)c1ccc2c(c1)C(C)(C)C(=CC(=O)c1cccs1)N2C. The third-order valence-electron chi connectivity index (χ3n) is 4.47. The number of thiophene rings is 1. The molecule has 0 unspecified atom stereocenters. The number of ketones is 2. The van der Waals surface area contributed by atoms with Crippen molar-refractivity contribution >= 4 is 28.6 Å². The smallest absolute Gasteiger partial charge is 0.197 e. The Balaban J connectivity index is 2.07. The van der Waals surface area contributed by atoms with Crippen molar-refractivity contribution in [3.05, 3.63) is 63.5 Å². The third kappa shape index (κ3) is 2.53. The number of nitrogens with zero attached hydrogens (tertiary/aromatic N) is 1. The number of allylic oxidation sites excluding steroid dienone is 2. The number of carbonyl (C=O) groups excluding carboxylic acids is 2. The van der Waals surface area contributed by atoms with Crippen LogP contribution in [0.1, 0.15) is 46.4 Å². The molecule has 0 saturated heterocycles. The molecule has 1 aromatic heterocycles. The Kier molecular flexibility index (Phi) is 3.72. The standard InChI is InChI=1S/C19H19NO2S/c1-12(21)13-7-8-15-14(10-13)19(2,3)18(20(15)4)11-16(22)17-6-5-9-23-17/h5-11H,1-4H3. The first-order valence-corrected chi connectivity index (χ1v) is 8.39. The highest BCUT2D eigenvalue weighted by Gasteiger charge is 2.39. The van der Waals surface area contributed by atoms with Gasteiger partial charge in [-0.2, -0.15) is 0 Å². The van der Waals surface area contributed by atoms with Gasteiger partial charge in [0.1, 0.15) is 0 Å². The van der Waals surface area contributed by atoms with Crippen molar-refractivity contribution < 1.29 is 9.59 Å². The van der Waals surface area contributed by atoms with Crippen molar-refractivity contribution in [1.82, 2.24) is 0 Å². The van der Waals surface area contributed by atoms with E-state index in [1.807, 2.05) is 47.7 Å². The molecule has 0 bridgehead atoms. The average Bonchev–Trinajstić information content (AvgIpc) is 3.10. The largest absolute Gasteiger partial charge is 0.347 e. The van der Waals surface area contributed by atoms with Crippen LogP contribution in [-0.2, 0) is 5.41 Å². The normalized spacial score (nSPS) is 17.4. The minimum atomic E-state index is -0.317. The Bertz CT molecular complexity index is 816. The van der Waals surface area contributed by atoms with E-state index in [2.05, 4.69) is 13.8 Å². The molecule has 0 aliphatic carbocycles. The monoisotopic (exact) mass is 325 g/mol. The number of hydrogen-bond donors (Lipinski definition) is 0. The summed E-state index contributed by atoms with van der Waals surface area (Å²) in [6.45, 7) is 5.75. The van der Waals surface area contributed by atoms with Gasteiger partial charge in [-0.25, -0.2) is 0 Å². The van der Waals surface area contributed by atoms with Crippen LogP contribution in [0.3, 0.4) is 0 Å². The summed E-state index contributed by atoms with van der Waals surface area (Å²) in [5.41, 5.74) is 3.47. The first kappa shape index (κ1) is 15.7. The third-order valence-corrected chi connectivity index (χ3v) is 5.36. The molecular weight excluding hydrogens is 306 g/mol. The Morgan fingerprint density at radius 3 is 2.57 bits per heavy atom. The van der Waals surface area contributed by atoms with E-state index in [4.69, 9.17) is 0 Å². The maximum Gasteiger partial charge on any atom is 0.197 e. The van der Waals surface area contributed by atoms with E-state index < -0.39 is 0 Å². The van der Waals surface area contributed by atoms with Crippen LogP contribution in [0.15, 0.2) is 47.5 Å². The average molecular weight is 325 g/mol. The second-order valence-electron chi connectivity index (χ2n) is 6.34. The van der Waals surface area contributed by atoms with Crippen molar-refractivity contribution in [2.75, 3.05) is 11.9 Å². The maximum atomic E-state index is 12.5. The van der Waals surface area contributed by atoms with Crippen molar-refractivity contribution in [1.29, 1.82) is 0 Å².